The van der Waals surface area contributed by atoms with Gasteiger partial charge < -0.3 is 9.64 Å². The molecular formula is C20H36N2O2. The molecule has 1 saturated heterocycles. The third-order valence-electron chi connectivity index (χ3n) is 5.02. The molecule has 0 spiro atoms. The Hall–Kier alpha value is -1.03. The van der Waals surface area contributed by atoms with Gasteiger partial charge in [-0.25, -0.2) is 4.79 Å². The summed E-state index contributed by atoms with van der Waals surface area (Å²) >= 11 is 0. The molecule has 0 aromatic carbocycles. The number of hydrogen-bond acceptors (Lipinski definition) is 3. The van der Waals surface area contributed by atoms with E-state index in [1.807, 2.05) is 25.7 Å². The zero-order valence-corrected chi connectivity index (χ0v) is 16.3. The maximum atomic E-state index is 12.2. The first-order valence-electron chi connectivity index (χ1n) is 9.63. The van der Waals surface area contributed by atoms with Gasteiger partial charge in [-0.15, -0.1) is 0 Å². The lowest BCUT2D eigenvalue weighted by Gasteiger charge is -2.42. The molecule has 4 nitrogen and oxygen atoms in total. The Bertz CT molecular complexity index is 435. The highest BCUT2D eigenvalue weighted by Gasteiger charge is 2.32. The normalized spacial score (nSPS) is 22.1. The fraction of sp³-hybridized carbons (Fsp3) is 0.850. The van der Waals surface area contributed by atoms with E-state index in [0.717, 1.165) is 32.1 Å². The summed E-state index contributed by atoms with van der Waals surface area (Å²) in [4.78, 5) is 16.7. The van der Waals surface area contributed by atoms with Crippen molar-refractivity contribution in [1.82, 2.24) is 9.80 Å². The first-order chi connectivity index (χ1) is 11.3. The Morgan fingerprint density at radius 2 is 1.62 bits per heavy atom. The lowest BCUT2D eigenvalue weighted by molar-refractivity contribution is 0.00869. The van der Waals surface area contributed by atoms with Crippen LogP contribution in [0, 0.1) is 5.92 Å². The van der Waals surface area contributed by atoms with Crippen LogP contribution in [-0.4, -0.2) is 53.7 Å². The minimum atomic E-state index is -0.416. The summed E-state index contributed by atoms with van der Waals surface area (Å²) in [7, 11) is 0. The van der Waals surface area contributed by atoms with Gasteiger partial charge in [-0.05, 0) is 53.4 Å². The van der Waals surface area contributed by atoms with E-state index in [-0.39, 0.29) is 6.09 Å². The summed E-state index contributed by atoms with van der Waals surface area (Å²) in [5.74, 6) is 0.779. The molecule has 1 heterocycles. The van der Waals surface area contributed by atoms with E-state index in [2.05, 4.69) is 24.8 Å². The molecule has 1 atom stereocenters. The molecule has 4 heteroatoms. The van der Waals surface area contributed by atoms with Gasteiger partial charge in [0.05, 0.1) is 0 Å². The average Bonchev–Trinajstić information content (AvgIpc) is 2.52. The molecule has 2 rings (SSSR count). The first kappa shape index (κ1) is 19.3. The molecule has 1 aliphatic carbocycles. The summed E-state index contributed by atoms with van der Waals surface area (Å²) in [6, 6.07) is 0.538. The number of ether oxygens (including phenoxy) is 1. The number of hydrogen-bond donors (Lipinski definition) is 0. The van der Waals surface area contributed by atoms with Crippen LogP contribution in [0.3, 0.4) is 0 Å². The van der Waals surface area contributed by atoms with E-state index < -0.39 is 5.60 Å². The van der Waals surface area contributed by atoms with Crippen LogP contribution >= 0.6 is 0 Å². The second-order valence-electron chi connectivity index (χ2n) is 8.64. The Morgan fingerprint density at radius 1 is 1.04 bits per heavy atom. The van der Waals surface area contributed by atoms with E-state index in [9.17, 15) is 4.79 Å². The molecule has 2 fully saturated rings. The van der Waals surface area contributed by atoms with Gasteiger partial charge in [0.15, 0.2) is 0 Å². The largest absolute Gasteiger partial charge is 0.444 e. The highest BCUT2D eigenvalue weighted by atomic mass is 16.6. The summed E-state index contributed by atoms with van der Waals surface area (Å²) in [6.45, 7) is 13.6. The summed E-state index contributed by atoms with van der Waals surface area (Å²) < 4.78 is 5.51. The van der Waals surface area contributed by atoms with Crippen LogP contribution in [0.4, 0.5) is 4.79 Å². The molecule has 0 aromatic rings. The number of rotatable bonds is 3. The third kappa shape index (κ3) is 5.80. The van der Waals surface area contributed by atoms with E-state index in [1.54, 1.807) is 0 Å². The molecule has 0 radical (unpaired) electrons. The number of nitrogens with zero attached hydrogens (tertiary/aromatic N) is 2. The van der Waals surface area contributed by atoms with Crippen LogP contribution in [0.5, 0.6) is 0 Å². The summed E-state index contributed by atoms with van der Waals surface area (Å²) in [5, 5.41) is 0. The predicted molar refractivity (Wildman–Crippen MR) is 99.2 cm³/mol. The van der Waals surface area contributed by atoms with Crippen LogP contribution < -0.4 is 0 Å². The molecule has 1 unspecified atom stereocenters. The highest BCUT2D eigenvalue weighted by molar-refractivity contribution is 5.68. The van der Waals surface area contributed by atoms with Crippen molar-refractivity contribution in [3.8, 4) is 0 Å². The zero-order valence-electron chi connectivity index (χ0n) is 16.3. The number of piperazine rings is 1. The second-order valence-corrected chi connectivity index (χ2v) is 8.64. The number of carbonyl (C=O) groups excluding carboxylic acids is 1. The molecule has 0 N–H and O–H groups in total. The fourth-order valence-corrected chi connectivity index (χ4v) is 3.89. The van der Waals surface area contributed by atoms with Gasteiger partial charge in [0.2, 0.25) is 0 Å². The Balaban J connectivity index is 1.94. The lowest BCUT2D eigenvalue weighted by atomic mass is 9.82. The Morgan fingerprint density at radius 3 is 2.12 bits per heavy atom. The molecule has 1 amide bonds. The van der Waals surface area contributed by atoms with Gasteiger partial charge in [-0.1, -0.05) is 30.9 Å². The number of allylic oxidation sites excluding steroid dienone is 1. The fourth-order valence-electron chi connectivity index (χ4n) is 3.89. The minimum Gasteiger partial charge on any atom is -0.444 e. The van der Waals surface area contributed by atoms with Gasteiger partial charge in [0, 0.05) is 32.2 Å². The second kappa shape index (κ2) is 8.37. The molecule has 24 heavy (non-hydrogen) atoms. The topological polar surface area (TPSA) is 32.8 Å². The monoisotopic (exact) mass is 336 g/mol. The van der Waals surface area contributed by atoms with E-state index in [1.165, 1.54) is 37.7 Å². The molecule has 0 bridgehead atoms. The van der Waals surface area contributed by atoms with Crippen molar-refractivity contribution in [2.75, 3.05) is 26.2 Å². The molecule has 1 aliphatic heterocycles. The van der Waals surface area contributed by atoms with Crippen LogP contribution in [0.15, 0.2) is 11.6 Å². The van der Waals surface area contributed by atoms with Gasteiger partial charge in [0.25, 0.3) is 0 Å². The van der Waals surface area contributed by atoms with Crippen molar-refractivity contribution in [2.45, 2.75) is 78.4 Å². The van der Waals surface area contributed by atoms with Gasteiger partial charge in [-0.2, -0.15) is 0 Å². The smallest absolute Gasteiger partial charge is 0.410 e. The van der Waals surface area contributed by atoms with E-state index in [0.29, 0.717) is 6.04 Å². The van der Waals surface area contributed by atoms with Crippen molar-refractivity contribution in [2.24, 2.45) is 5.92 Å². The number of amides is 1. The quantitative estimate of drug-likeness (QED) is 0.714. The summed E-state index contributed by atoms with van der Waals surface area (Å²) in [5.41, 5.74) is 0.987. The Kier molecular flexibility index (Phi) is 6.73. The Labute approximate surface area is 148 Å². The maximum Gasteiger partial charge on any atom is 0.410 e. The van der Waals surface area contributed by atoms with Gasteiger partial charge in [0.1, 0.15) is 5.60 Å². The molecular weight excluding hydrogens is 300 g/mol. The van der Waals surface area contributed by atoms with Crippen LogP contribution in [-0.2, 0) is 4.74 Å². The first-order valence-corrected chi connectivity index (χ1v) is 9.63. The highest BCUT2D eigenvalue weighted by Crippen LogP contribution is 2.31. The molecule has 1 saturated carbocycles. The average molecular weight is 337 g/mol. The van der Waals surface area contributed by atoms with Crippen molar-refractivity contribution in [1.29, 1.82) is 0 Å². The molecule has 0 aromatic heterocycles. The number of carbonyl (C=O) groups is 1. The molecule has 2 aliphatic rings. The van der Waals surface area contributed by atoms with Crippen molar-refractivity contribution in [3.05, 3.63) is 11.6 Å². The maximum absolute atomic E-state index is 12.2. The van der Waals surface area contributed by atoms with E-state index in [4.69, 9.17) is 4.74 Å². The predicted octanol–water partition coefficient (Wildman–Crippen LogP) is 4.45. The lowest BCUT2D eigenvalue weighted by Crippen LogP contribution is -2.54. The van der Waals surface area contributed by atoms with E-state index >= 15 is 0 Å². The van der Waals surface area contributed by atoms with Gasteiger partial charge in [-0.3, -0.25) is 4.90 Å². The van der Waals surface area contributed by atoms with Crippen LogP contribution in [0.1, 0.15) is 66.7 Å². The van der Waals surface area contributed by atoms with Crippen LogP contribution in [0.2, 0.25) is 0 Å². The van der Waals surface area contributed by atoms with Crippen molar-refractivity contribution >= 4 is 6.09 Å². The van der Waals surface area contributed by atoms with Crippen LogP contribution in [0.25, 0.3) is 0 Å². The third-order valence-corrected chi connectivity index (χ3v) is 5.02. The van der Waals surface area contributed by atoms with Gasteiger partial charge >= 0.3 is 6.09 Å². The summed E-state index contributed by atoms with van der Waals surface area (Å²) in [6.07, 6.45) is 9.12. The zero-order chi connectivity index (χ0) is 17.7. The van der Waals surface area contributed by atoms with Crippen molar-refractivity contribution in [3.63, 3.8) is 0 Å². The SMILES string of the molecule is CC(C)=CC(C1CCCCC1)N1CCN(C(=O)OC(C)(C)C)CC1. The van der Waals surface area contributed by atoms with Crippen molar-refractivity contribution < 1.29 is 9.53 Å². The standard InChI is InChI=1S/C20H36N2O2/c1-16(2)15-18(17-9-7-6-8-10-17)21-11-13-22(14-12-21)19(23)24-20(3,4)5/h15,17-18H,6-14H2,1-5H3. The minimum absolute atomic E-state index is 0.168. The molecule has 138 valence electrons.